The smallest absolute Gasteiger partial charge is 0.164 e. The zero-order chi connectivity index (χ0) is 13.9. The molecule has 1 aliphatic rings. The van der Waals surface area contributed by atoms with Crippen LogP contribution in [0.4, 0.5) is 0 Å². The monoisotopic (exact) mass is 300 g/mol. The maximum atomic E-state index is 12.0. The van der Waals surface area contributed by atoms with Gasteiger partial charge in [-0.1, -0.05) is 30.3 Å². The standard InChI is InChI=1S/C13H20N2O2S2/c1-19(16,17)13-10-18-8-7-15(13)12(9-14)11-5-3-2-4-6-11/h2-6,12-13H,7-10,14H2,1H3. The van der Waals surface area contributed by atoms with Gasteiger partial charge < -0.3 is 5.73 Å². The quantitative estimate of drug-likeness (QED) is 0.902. The summed E-state index contributed by atoms with van der Waals surface area (Å²) in [6.45, 7) is 1.19. The molecule has 106 valence electrons. The summed E-state index contributed by atoms with van der Waals surface area (Å²) in [6, 6.07) is 9.88. The number of rotatable bonds is 4. The Morgan fingerprint density at radius 3 is 2.68 bits per heavy atom. The highest BCUT2D eigenvalue weighted by Crippen LogP contribution is 2.29. The Morgan fingerprint density at radius 1 is 1.42 bits per heavy atom. The predicted octanol–water partition coefficient (Wildman–Crippen LogP) is 1.11. The third-order valence-electron chi connectivity index (χ3n) is 3.43. The van der Waals surface area contributed by atoms with Gasteiger partial charge in [0.25, 0.3) is 0 Å². The molecule has 0 saturated carbocycles. The molecule has 0 spiro atoms. The molecule has 6 heteroatoms. The SMILES string of the molecule is CS(=O)(=O)C1CSCCN1C(CN)c1ccccc1. The van der Waals surface area contributed by atoms with Crippen molar-refractivity contribution < 1.29 is 8.42 Å². The Morgan fingerprint density at radius 2 is 2.11 bits per heavy atom. The van der Waals surface area contributed by atoms with Crippen LogP contribution >= 0.6 is 11.8 Å². The molecule has 1 aromatic carbocycles. The summed E-state index contributed by atoms with van der Waals surface area (Å²) in [7, 11) is -3.09. The van der Waals surface area contributed by atoms with E-state index in [0.29, 0.717) is 12.3 Å². The fourth-order valence-corrected chi connectivity index (χ4v) is 5.38. The number of sulfone groups is 1. The lowest BCUT2D eigenvalue weighted by molar-refractivity contribution is 0.198. The molecule has 2 atom stereocenters. The van der Waals surface area contributed by atoms with Crippen LogP contribution in [0.15, 0.2) is 30.3 Å². The van der Waals surface area contributed by atoms with Gasteiger partial charge in [-0.2, -0.15) is 11.8 Å². The van der Waals surface area contributed by atoms with Crippen molar-refractivity contribution in [3.63, 3.8) is 0 Å². The van der Waals surface area contributed by atoms with Crippen molar-refractivity contribution in [2.24, 2.45) is 5.73 Å². The predicted molar refractivity (Wildman–Crippen MR) is 80.9 cm³/mol. The second-order valence-corrected chi connectivity index (χ2v) is 8.11. The molecule has 1 heterocycles. The Labute approximate surface area is 119 Å². The maximum Gasteiger partial charge on any atom is 0.164 e. The summed E-state index contributed by atoms with van der Waals surface area (Å²) in [6.07, 6.45) is 1.31. The zero-order valence-corrected chi connectivity index (χ0v) is 12.7. The lowest BCUT2D eigenvalue weighted by atomic mass is 10.1. The summed E-state index contributed by atoms with van der Waals surface area (Å²) in [5.74, 6) is 1.58. The highest BCUT2D eigenvalue weighted by molar-refractivity contribution is 8.00. The van der Waals surface area contributed by atoms with Crippen LogP contribution in [-0.4, -0.2) is 49.5 Å². The minimum absolute atomic E-state index is 0.0261. The van der Waals surface area contributed by atoms with Crippen LogP contribution in [0.5, 0.6) is 0 Å². The number of hydrogen-bond donors (Lipinski definition) is 1. The molecule has 1 saturated heterocycles. The molecule has 1 aliphatic heterocycles. The molecule has 19 heavy (non-hydrogen) atoms. The van der Waals surface area contributed by atoms with E-state index < -0.39 is 15.2 Å². The Kier molecular flexibility index (Phi) is 4.89. The van der Waals surface area contributed by atoms with E-state index in [-0.39, 0.29) is 6.04 Å². The highest BCUT2D eigenvalue weighted by Gasteiger charge is 2.35. The second kappa shape index (κ2) is 6.26. The first-order valence-electron chi connectivity index (χ1n) is 6.31. The Balaban J connectivity index is 2.30. The van der Waals surface area contributed by atoms with Crippen LogP contribution in [0.2, 0.25) is 0 Å². The van der Waals surface area contributed by atoms with Crippen LogP contribution in [0.3, 0.4) is 0 Å². The molecule has 2 unspecified atom stereocenters. The van der Waals surface area contributed by atoms with Crippen molar-refractivity contribution >= 4 is 21.6 Å². The molecule has 1 fully saturated rings. The Bertz CT molecular complexity index is 505. The van der Waals surface area contributed by atoms with Crippen molar-refractivity contribution in [1.82, 2.24) is 4.90 Å². The van der Waals surface area contributed by atoms with Crippen molar-refractivity contribution in [3.8, 4) is 0 Å². The first-order chi connectivity index (χ1) is 9.04. The minimum atomic E-state index is -3.09. The number of hydrogen-bond acceptors (Lipinski definition) is 5. The van der Waals surface area contributed by atoms with Crippen molar-refractivity contribution in [2.75, 3.05) is 30.9 Å². The fourth-order valence-electron chi connectivity index (χ4n) is 2.46. The van der Waals surface area contributed by atoms with Crippen molar-refractivity contribution in [3.05, 3.63) is 35.9 Å². The summed E-state index contributed by atoms with van der Waals surface area (Å²) in [5.41, 5.74) is 6.99. The lowest BCUT2D eigenvalue weighted by Crippen LogP contribution is -2.50. The van der Waals surface area contributed by atoms with E-state index >= 15 is 0 Å². The number of benzene rings is 1. The van der Waals surface area contributed by atoms with Crippen LogP contribution in [0.25, 0.3) is 0 Å². The van der Waals surface area contributed by atoms with Crippen LogP contribution in [0, 0.1) is 0 Å². The molecule has 0 aromatic heterocycles. The summed E-state index contributed by atoms with van der Waals surface area (Å²) >= 11 is 1.70. The van der Waals surface area contributed by atoms with Crippen molar-refractivity contribution in [2.45, 2.75) is 11.4 Å². The van der Waals surface area contributed by atoms with Gasteiger partial charge in [0.05, 0.1) is 0 Å². The van der Waals surface area contributed by atoms with Gasteiger partial charge in [-0.05, 0) is 5.56 Å². The first kappa shape index (κ1) is 14.8. The highest BCUT2D eigenvalue weighted by atomic mass is 32.2. The van der Waals surface area contributed by atoms with Gasteiger partial charge in [-0.25, -0.2) is 8.42 Å². The minimum Gasteiger partial charge on any atom is -0.329 e. The van der Waals surface area contributed by atoms with Gasteiger partial charge in [0.15, 0.2) is 9.84 Å². The van der Waals surface area contributed by atoms with Crippen LogP contribution < -0.4 is 5.73 Å². The van der Waals surface area contributed by atoms with Gasteiger partial charge in [-0.3, -0.25) is 4.90 Å². The number of nitrogens with zero attached hydrogens (tertiary/aromatic N) is 1. The van der Waals surface area contributed by atoms with Gasteiger partial charge >= 0.3 is 0 Å². The summed E-state index contributed by atoms with van der Waals surface area (Å²) in [5, 5.41) is -0.431. The van der Waals surface area contributed by atoms with E-state index in [1.807, 2.05) is 35.2 Å². The average Bonchev–Trinajstić information content (AvgIpc) is 2.40. The normalized spacial score (nSPS) is 23.2. The van der Waals surface area contributed by atoms with E-state index in [2.05, 4.69) is 0 Å². The summed E-state index contributed by atoms with van der Waals surface area (Å²) in [4.78, 5) is 2.04. The topological polar surface area (TPSA) is 63.4 Å². The average molecular weight is 300 g/mol. The molecule has 0 aliphatic carbocycles. The molecule has 1 aromatic rings. The van der Waals surface area contributed by atoms with Gasteiger partial charge in [-0.15, -0.1) is 0 Å². The third-order valence-corrected chi connectivity index (χ3v) is 6.09. The van der Waals surface area contributed by atoms with Crippen LogP contribution in [0.1, 0.15) is 11.6 Å². The first-order valence-corrected chi connectivity index (χ1v) is 9.42. The van der Waals surface area contributed by atoms with E-state index in [0.717, 1.165) is 17.9 Å². The van der Waals surface area contributed by atoms with Crippen molar-refractivity contribution in [1.29, 1.82) is 0 Å². The Hall–Kier alpha value is -0.560. The fraction of sp³-hybridized carbons (Fsp3) is 0.538. The second-order valence-electron chi connectivity index (χ2n) is 4.76. The third kappa shape index (κ3) is 3.51. The molecule has 0 amide bonds. The van der Waals surface area contributed by atoms with E-state index in [4.69, 9.17) is 5.73 Å². The largest absolute Gasteiger partial charge is 0.329 e. The zero-order valence-electron chi connectivity index (χ0n) is 11.0. The van der Waals surface area contributed by atoms with Crippen LogP contribution in [-0.2, 0) is 9.84 Å². The van der Waals surface area contributed by atoms with Gasteiger partial charge in [0, 0.05) is 36.9 Å². The van der Waals surface area contributed by atoms with Gasteiger partial charge in [0.2, 0.25) is 0 Å². The van der Waals surface area contributed by atoms with Gasteiger partial charge in [0.1, 0.15) is 5.37 Å². The molecule has 0 radical (unpaired) electrons. The maximum absolute atomic E-state index is 12.0. The van der Waals surface area contributed by atoms with E-state index in [9.17, 15) is 8.42 Å². The molecule has 2 rings (SSSR count). The molecule has 2 N–H and O–H groups in total. The molecular formula is C13H20N2O2S2. The summed E-state index contributed by atoms with van der Waals surface area (Å²) < 4.78 is 23.9. The van der Waals surface area contributed by atoms with E-state index in [1.54, 1.807) is 11.8 Å². The van der Waals surface area contributed by atoms with E-state index in [1.165, 1.54) is 6.26 Å². The lowest BCUT2D eigenvalue weighted by Gasteiger charge is -2.39. The molecular weight excluding hydrogens is 280 g/mol. The number of thioether (sulfide) groups is 1. The molecule has 0 bridgehead atoms. The number of nitrogens with two attached hydrogens (primary N) is 1. The molecule has 4 nitrogen and oxygen atoms in total.